The summed E-state index contributed by atoms with van der Waals surface area (Å²) in [5.74, 6) is 0.350. The van der Waals surface area contributed by atoms with Crippen LogP contribution in [0.4, 0.5) is 11.4 Å². The molecule has 0 aliphatic heterocycles. The minimum atomic E-state index is -0.464. The summed E-state index contributed by atoms with van der Waals surface area (Å²) in [5, 5.41) is 13.8. The summed E-state index contributed by atoms with van der Waals surface area (Å²) in [6, 6.07) is 9.71. The Morgan fingerprint density at radius 2 is 2.00 bits per heavy atom. The van der Waals surface area contributed by atoms with Gasteiger partial charge in [0, 0.05) is 11.6 Å². The Morgan fingerprint density at radius 1 is 1.22 bits per heavy atom. The van der Waals surface area contributed by atoms with Gasteiger partial charge in [-0.2, -0.15) is 0 Å². The molecule has 0 aliphatic carbocycles. The Kier molecular flexibility index (Phi) is 7.79. The van der Waals surface area contributed by atoms with E-state index in [2.05, 4.69) is 28.2 Å². The number of carbonyl (C=O) groups is 1. The zero-order chi connectivity index (χ0) is 19.8. The van der Waals surface area contributed by atoms with E-state index in [9.17, 15) is 14.9 Å². The highest BCUT2D eigenvalue weighted by Crippen LogP contribution is 2.28. The van der Waals surface area contributed by atoms with Crippen molar-refractivity contribution in [1.29, 1.82) is 0 Å². The predicted molar refractivity (Wildman–Crippen MR) is 110 cm³/mol. The van der Waals surface area contributed by atoms with Gasteiger partial charge in [-0.15, -0.1) is 0 Å². The van der Waals surface area contributed by atoms with Crippen molar-refractivity contribution < 1.29 is 14.5 Å². The van der Waals surface area contributed by atoms with Gasteiger partial charge in [0.05, 0.1) is 27.3 Å². The molecule has 2 aromatic carbocycles. The van der Waals surface area contributed by atoms with Crippen molar-refractivity contribution in [1.82, 2.24) is 0 Å². The quantitative estimate of drug-likeness (QED) is 0.303. The van der Waals surface area contributed by atoms with E-state index in [-0.39, 0.29) is 11.6 Å². The highest BCUT2D eigenvalue weighted by molar-refractivity contribution is 9.10. The monoisotopic (exact) mass is 434 g/mol. The summed E-state index contributed by atoms with van der Waals surface area (Å²) >= 11 is 3.43. The normalized spacial score (nSPS) is 10.5. The molecule has 0 heterocycles. The predicted octanol–water partition coefficient (Wildman–Crippen LogP) is 5.88. The van der Waals surface area contributed by atoms with Crippen LogP contribution in [-0.2, 0) is 0 Å². The van der Waals surface area contributed by atoms with Crippen molar-refractivity contribution in [2.24, 2.45) is 0 Å². The average Bonchev–Trinajstić information content (AvgIpc) is 2.64. The van der Waals surface area contributed by atoms with E-state index in [1.54, 1.807) is 37.3 Å². The molecule has 0 unspecified atom stereocenters. The molecule has 0 atom stereocenters. The molecule has 0 spiro atoms. The lowest BCUT2D eigenvalue weighted by Crippen LogP contribution is -2.13. The zero-order valence-corrected chi connectivity index (χ0v) is 17.0. The van der Waals surface area contributed by atoms with E-state index in [4.69, 9.17) is 4.74 Å². The van der Waals surface area contributed by atoms with E-state index in [0.717, 1.165) is 12.8 Å². The van der Waals surface area contributed by atoms with Gasteiger partial charge in [-0.25, -0.2) is 0 Å². The number of anilines is 1. The smallest absolute Gasteiger partial charge is 0.274 e. The molecule has 1 N–H and O–H groups in total. The summed E-state index contributed by atoms with van der Waals surface area (Å²) in [5.41, 5.74) is 1.25. The molecule has 6 nitrogen and oxygen atoms in total. The summed E-state index contributed by atoms with van der Waals surface area (Å²) in [6.45, 7) is 4.41. The molecule has 144 valence electrons. The van der Waals surface area contributed by atoms with Gasteiger partial charge in [-0.3, -0.25) is 14.9 Å². The molecule has 0 radical (unpaired) electrons. The van der Waals surface area contributed by atoms with Gasteiger partial charge in [-0.1, -0.05) is 32.3 Å². The van der Waals surface area contributed by atoms with Crippen LogP contribution in [0.2, 0.25) is 0 Å². The van der Waals surface area contributed by atoms with Crippen molar-refractivity contribution >= 4 is 33.2 Å². The van der Waals surface area contributed by atoms with Crippen molar-refractivity contribution in [3.8, 4) is 5.75 Å². The number of unbranched alkanes of at least 4 members (excludes halogenated alkanes) is 3. The first-order valence-corrected chi connectivity index (χ1v) is 9.71. The Morgan fingerprint density at radius 3 is 2.67 bits per heavy atom. The molecule has 0 saturated carbocycles. The molecular weight excluding hydrogens is 412 g/mol. The fraction of sp³-hybridized carbons (Fsp3) is 0.350. The molecule has 27 heavy (non-hydrogen) atoms. The van der Waals surface area contributed by atoms with Gasteiger partial charge >= 0.3 is 0 Å². The van der Waals surface area contributed by atoms with E-state index >= 15 is 0 Å². The van der Waals surface area contributed by atoms with Crippen LogP contribution in [0.25, 0.3) is 0 Å². The molecular formula is C20H23BrN2O4. The van der Waals surface area contributed by atoms with Crippen LogP contribution in [0.1, 0.15) is 48.5 Å². The SMILES string of the molecule is CCCCCCOc1ccc(C(=O)Nc2cccc([N+](=O)[O-])c2C)cc1Br. The summed E-state index contributed by atoms with van der Waals surface area (Å²) in [4.78, 5) is 23.1. The van der Waals surface area contributed by atoms with Gasteiger partial charge in [0.15, 0.2) is 0 Å². The summed E-state index contributed by atoms with van der Waals surface area (Å²) in [7, 11) is 0. The van der Waals surface area contributed by atoms with E-state index in [1.165, 1.54) is 18.9 Å². The molecule has 0 fully saturated rings. The number of amides is 1. The third-order valence-corrected chi connectivity index (χ3v) is 4.82. The maximum Gasteiger partial charge on any atom is 0.274 e. The lowest BCUT2D eigenvalue weighted by atomic mass is 10.1. The molecule has 0 saturated heterocycles. The van der Waals surface area contributed by atoms with Gasteiger partial charge in [-0.05, 0) is 53.5 Å². The number of halogens is 1. The second kappa shape index (κ2) is 10.1. The minimum Gasteiger partial charge on any atom is -0.492 e. The van der Waals surface area contributed by atoms with E-state index in [1.807, 2.05) is 0 Å². The first-order valence-electron chi connectivity index (χ1n) is 8.91. The molecule has 1 amide bonds. The number of nitrogens with one attached hydrogen (secondary N) is 1. The summed E-state index contributed by atoms with van der Waals surface area (Å²) < 4.78 is 6.44. The average molecular weight is 435 g/mol. The highest BCUT2D eigenvalue weighted by atomic mass is 79.9. The topological polar surface area (TPSA) is 81.5 Å². The van der Waals surface area contributed by atoms with Crippen LogP contribution < -0.4 is 10.1 Å². The molecule has 2 aromatic rings. The second-order valence-electron chi connectivity index (χ2n) is 6.22. The van der Waals surface area contributed by atoms with Crippen LogP contribution in [-0.4, -0.2) is 17.4 Å². The molecule has 0 aromatic heterocycles. The molecule has 0 bridgehead atoms. The minimum absolute atomic E-state index is 0.0270. The summed E-state index contributed by atoms with van der Waals surface area (Å²) in [6.07, 6.45) is 4.50. The number of ether oxygens (including phenoxy) is 1. The number of nitro groups is 1. The lowest BCUT2D eigenvalue weighted by molar-refractivity contribution is -0.385. The van der Waals surface area contributed by atoms with Crippen molar-refractivity contribution in [2.75, 3.05) is 11.9 Å². The first kappa shape index (κ1) is 20.9. The fourth-order valence-electron chi connectivity index (χ4n) is 2.62. The second-order valence-corrected chi connectivity index (χ2v) is 7.07. The largest absolute Gasteiger partial charge is 0.492 e. The van der Waals surface area contributed by atoms with Crippen LogP contribution >= 0.6 is 15.9 Å². The third kappa shape index (κ3) is 5.79. The maximum atomic E-state index is 12.5. The van der Waals surface area contributed by atoms with Crippen molar-refractivity contribution in [3.63, 3.8) is 0 Å². The van der Waals surface area contributed by atoms with E-state index < -0.39 is 4.92 Å². The number of hydrogen-bond acceptors (Lipinski definition) is 4. The van der Waals surface area contributed by atoms with E-state index in [0.29, 0.717) is 33.6 Å². The number of carbonyl (C=O) groups excluding carboxylic acids is 1. The van der Waals surface area contributed by atoms with Crippen molar-refractivity contribution in [2.45, 2.75) is 39.5 Å². The van der Waals surface area contributed by atoms with Gasteiger partial charge in [0.2, 0.25) is 0 Å². The fourth-order valence-corrected chi connectivity index (χ4v) is 3.11. The van der Waals surface area contributed by atoms with Crippen LogP contribution in [0.5, 0.6) is 5.75 Å². The Hall–Kier alpha value is -2.41. The van der Waals surface area contributed by atoms with Gasteiger partial charge in [0.1, 0.15) is 5.75 Å². The molecule has 0 aliphatic rings. The first-order chi connectivity index (χ1) is 12.9. The van der Waals surface area contributed by atoms with Gasteiger partial charge in [0.25, 0.3) is 11.6 Å². The van der Waals surface area contributed by atoms with Crippen LogP contribution in [0, 0.1) is 17.0 Å². The molecule has 7 heteroatoms. The van der Waals surface area contributed by atoms with Crippen LogP contribution in [0.15, 0.2) is 40.9 Å². The Bertz CT molecular complexity index is 824. The van der Waals surface area contributed by atoms with Gasteiger partial charge < -0.3 is 10.1 Å². The highest BCUT2D eigenvalue weighted by Gasteiger charge is 2.16. The number of rotatable bonds is 9. The number of nitro benzene ring substituents is 1. The Labute approximate surface area is 167 Å². The standard InChI is InChI=1S/C20H23BrN2O4/c1-3-4-5-6-12-27-19-11-10-15(13-16(19)21)20(24)22-17-8-7-9-18(14(17)2)23(25)26/h7-11,13H,3-6,12H2,1-2H3,(H,22,24). The third-order valence-electron chi connectivity index (χ3n) is 4.20. The van der Waals surface area contributed by atoms with Crippen LogP contribution in [0.3, 0.4) is 0 Å². The number of nitrogens with zero attached hydrogens (tertiary/aromatic N) is 1. The Balaban J connectivity index is 2.04. The van der Waals surface area contributed by atoms with Crippen molar-refractivity contribution in [3.05, 3.63) is 62.1 Å². The molecule has 2 rings (SSSR count). The number of hydrogen-bond donors (Lipinski definition) is 1. The lowest BCUT2D eigenvalue weighted by Gasteiger charge is -2.11. The zero-order valence-electron chi connectivity index (χ0n) is 15.5. The number of benzene rings is 2. The maximum absolute atomic E-state index is 12.5.